The van der Waals surface area contributed by atoms with E-state index in [2.05, 4.69) is 13.8 Å². The van der Waals surface area contributed by atoms with Crippen molar-refractivity contribution in [2.45, 2.75) is 328 Å². The number of esters is 1. The smallest absolute Gasteiger partial charge is 0.457 e. The molecule has 0 aromatic rings. The summed E-state index contributed by atoms with van der Waals surface area (Å²) >= 11 is 0. The molecule has 0 saturated heterocycles. The van der Waals surface area contributed by atoms with Gasteiger partial charge in [-0.3, -0.25) is 13.8 Å². The number of rotatable bonds is 58. The van der Waals surface area contributed by atoms with E-state index in [9.17, 15) is 19.4 Å². The maximum atomic E-state index is 12.7. The lowest BCUT2D eigenvalue weighted by Gasteiger charge is -2.20. The van der Waals surface area contributed by atoms with E-state index >= 15 is 0 Å². The predicted molar refractivity (Wildman–Crippen MR) is 284 cm³/mol. The van der Waals surface area contributed by atoms with Gasteiger partial charge in [-0.05, 0) is 12.8 Å². The average Bonchev–Trinajstić information content (AvgIpc) is 3.32. The Bertz CT molecular complexity index is 1020. The molecule has 0 aliphatic carbocycles. The fraction of sp³-hybridized carbons (Fsp3) is 0.982. The molecule has 402 valence electrons. The molecule has 0 radical (unpaired) electrons. The van der Waals surface area contributed by atoms with Crippen molar-refractivity contribution in [2.75, 3.05) is 33.0 Å². The van der Waals surface area contributed by atoms with Crippen LogP contribution >= 0.6 is 7.82 Å². The Morgan fingerprint density at radius 2 is 0.672 bits per heavy atom. The van der Waals surface area contributed by atoms with Crippen LogP contribution in [-0.2, 0) is 27.9 Å². The zero-order valence-electron chi connectivity index (χ0n) is 44.7. The summed E-state index contributed by atoms with van der Waals surface area (Å²) in [5.74, 6) is -0.371. The van der Waals surface area contributed by atoms with Crippen molar-refractivity contribution in [3.05, 3.63) is 0 Å². The number of aliphatic hydroxyl groups is 2. The molecule has 9 nitrogen and oxygen atoms in total. The first-order valence-corrected chi connectivity index (χ1v) is 31.0. The van der Waals surface area contributed by atoms with Gasteiger partial charge < -0.3 is 24.6 Å². The van der Waals surface area contributed by atoms with Crippen LogP contribution in [0.2, 0.25) is 0 Å². The second kappa shape index (κ2) is 54.8. The van der Waals surface area contributed by atoms with Crippen LogP contribution in [0.4, 0.5) is 0 Å². The van der Waals surface area contributed by atoms with Gasteiger partial charge in [0, 0.05) is 13.0 Å². The van der Waals surface area contributed by atoms with Gasteiger partial charge in [0.2, 0.25) is 0 Å². The summed E-state index contributed by atoms with van der Waals surface area (Å²) in [6, 6.07) is 0. The molecular formula is C57H115O9P. The maximum Gasteiger partial charge on any atom is 0.472 e. The Labute approximate surface area is 416 Å². The Morgan fingerprint density at radius 3 is 0.970 bits per heavy atom. The maximum absolute atomic E-state index is 12.7. The van der Waals surface area contributed by atoms with Crippen molar-refractivity contribution in [3.8, 4) is 0 Å². The molecule has 0 heterocycles. The second-order valence-corrected chi connectivity index (χ2v) is 21.8. The fourth-order valence-electron chi connectivity index (χ4n) is 9.07. The minimum Gasteiger partial charge on any atom is -0.457 e. The summed E-state index contributed by atoms with van der Waals surface area (Å²) in [5, 5.41) is 18.5. The highest BCUT2D eigenvalue weighted by Crippen LogP contribution is 2.43. The monoisotopic (exact) mass is 975 g/mol. The van der Waals surface area contributed by atoms with E-state index in [1.165, 1.54) is 263 Å². The van der Waals surface area contributed by atoms with Gasteiger partial charge in [0.15, 0.2) is 0 Å². The van der Waals surface area contributed by atoms with Gasteiger partial charge in [-0.25, -0.2) is 4.57 Å². The van der Waals surface area contributed by atoms with Gasteiger partial charge in [0.1, 0.15) is 12.2 Å². The van der Waals surface area contributed by atoms with Crippen molar-refractivity contribution < 1.29 is 43.0 Å². The van der Waals surface area contributed by atoms with E-state index < -0.39 is 33.2 Å². The number of hydrogen-bond acceptors (Lipinski definition) is 8. The Hall–Kier alpha value is -0.540. The van der Waals surface area contributed by atoms with E-state index in [1.807, 2.05) is 0 Å². The Balaban J connectivity index is 3.92. The largest absolute Gasteiger partial charge is 0.472 e. The lowest BCUT2D eigenvalue weighted by Crippen LogP contribution is -2.29. The number of hydrogen-bond donors (Lipinski definition) is 3. The first-order chi connectivity index (χ1) is 32.8. The van der Waals surface area contributed by atoms with E-state index in [0.29, 0.717) is 6.61 Å². The fourth-order valence-corrected chi connectivity index (χ4v) is 9.86. The van der Waals surface area contributed by atoms with Crippen LogP contribution in [0.25, 0.3) is 0 Å². The van der Waals surface area contributed by atoms with E-state index in [-0.39, 0.29) is 25.6 Å². The summed E-state index contributed by atoms with van der Waals surface area (Å²) in [6.07, 6.45) is 59.5. The third-order valence-electron chi connectivity index (χ3n) is 13.5. The van der Waals surface area contributed by atoms with Gasteiger partial charge >= 0.3 is 13.8 Å². The molecule has 0 saturated carbocycles. The third-order valence-corrected chi connectivity index (χ3v) is 14.5. The minimum absolute atomic E-state index is 0.0592. The quantitative estimate of drug-likeness (QED) is 0.0310. The van der Waals surface area contributed by atoms with E-state index in [4.69, 9.17) is 23.6 Å². The standard InChI is InChI=1S/C57H115O9P/c1-3-5-7-9-11-13-15-17-19-21-23-25-26-27-28-29-30-31-33-35-37-39-41-43-45-47-49-57(60)66-56(54-65-67(61,62)64-52-55(59)51-58)53-63-50-48-46-44-42-40-38-36-34-32-24-22-20-18-16-14-12-10-8-6-4-2/h55-56,58-59H,3-54H2,1-2H3,(H,61,62)/t55-,56+/m0/s1. The minimum atomic E-state index is -4.52. The van der Waals surface area contributed by atoms with Crippen molar-refractivity contribution in [1.82, 2.24) is 0 Å². The van der Waals surface area contributed by atoms with Crippen LogP contribution < -0.4 is 0 Å². The molecule has 67 heavy (non-hydrogen) atoms. The first-order valence-electron chi connectivity index (χ1n) is 29.5. The molecular weight excluding hydrogens is 860 g/mol. The SMILES string of the molecule is CCCCCCCCCCCCCCCCCCCCCCCCCCCCC(=O)O[C@H](COCCCCCCCCCCCCCCCCCCCCCC)COP(=O)(O)OC[C@@H](O)CO. The topological polar surface area (TPSA) is 132 Å². The van der Waals surface area contributed by atoms with Crippen LogP contribution in [0.5, 0.6) is 0 Å². The predicted octanol–water partition coefficient (Wildman–Crippen LogP) is 17.8. The number of phosphoric acid groups is 1. The highest BCUT2D eigenvalue weighted by atomic mass is 31.2. The van der Waals surface area contributed by atoms with Gasteiger partial charge in [-0.1, -0.05) is 296 Å². The van der Waals surface area contributed by atoms with E-state index in [1.54, 1.807) is 0 Å². The third kappa shape index (κ3) is 54.6. The number of carbonyl (C=O) groups excluding carboxylic acids is 1. The highest BCUT2D eigenvalue weighted by molar-refractivity contribution is 7.47. The average molecular weight is 976 g/mol. The molecule has 0 aromatic carbocycles. The molecule has 0 bridgehead atoms. The van der Waals surface area contributed by atoms with Crippen molar-refractivity contribution in [3.63, 3.8) is 0 Å². The number of carbonyl (C=O) groups is 1. The van der Waals surface area contributed by atoms with Crippen molar-refractivity contribution >= 4 is 13.8 Å². The summed E-state index contributed by atoms with van der Waals surface area (Å²) in [7, 11) is -4.52. The second-order valence-electron chi connectivity index (χ2n) is 20.4. The van der Waals surface area contributed by atoms with Gasteiger partial charge in [0.25, 0.3) is 0 Å². The molecule has 0 amide bonds. The lowest BCUT2D eigenvalue weighted by molar-refractivity contribution is -0.154. The lowest BCUT2D eigenvalue weighted by atomic mass is 10.0. The zero-order chi connectivity index (χ0) is 48.8. The number of ether oxygens (including phenoxy) is 2. The van der Waals surface area contributed by atoms with Gasteiger partial charge in [-0.15, -0.1) is 0 Å². The molecule has 0 fully saturated rings. The van der Waals surface area contributed by atoms with Crippen LogP contribution in [0.3, 0.4) is 0 Å². The normalized spacial score (nSPS) is 13.6. The molecule has 10 heteroatoms. The van der Waals surface area contributed by atoms with Gasteiger partial charge in [-0.2, -0.15) is 0 Å². The summed E-state index contributed by atoms with van der Waals surface area (Å²) in [5.41, 5.74) is 0. The molecule has 1 unspecified atom stereocenters. The molecule has 0 aromatic heterocycles. The Kier molecular flexibility index (Phi) is 54.3. The molecule has 3 N–H and O–H groups in total. The molecule has 0 aliphatic rings. The highest BCUT2D eigenvalue weighted by Gasteiger charge is 2.26. The van der Waals surface area contributed by atoms with Crippen molar-refractivity contribution in [1.29, 1.82) is 0 Å². The number of unbranched alkanes of at least 4 members (excludes halogenated alkanes) is 44. The Morgan fingerprint density at radius 1 is 0.403 bits per heavy atom. The molecule has 0 aliphatic heterocycles. The van der Waals surface area contributed by atoms with Crippen LogP contribution in [0, 0.1) is 0 Å². The van der Waals surface area contributed by atoms with Crippen LogP contribution in [-0.4, -0.2) is 66.3 Å². The summed E-state index contributed by atoms with van der Waals surface area (Å²) in [4.78, 5) is 22.8. The molecule has 0 rings (SSSR count). The number of aliphatic hydroxyl groups excluding tert-OH is 2. The summed E-state index contributed by atoms with van der Waals surface area (Å²) in [6.45, 7) is 3.63. The first kappa shape index (κ1) is 66.5. The molecule has 0 spiro atoms. The zero-order valence-corrected chi connectivity index (χ0v) is 45.6. The van der Waals surface area contributed by atoms with E-state index in [0.717, 1.165) is 32.1 Å². The van der Waals surface area contributed by atoms with Crippen LogP contribution in [0.15, 0.2) is 0 Å². The van der Waals surface area contributed by atoms with Gasteiger partial charge in [0.05, 0.1) is 26.4 Å². The van der Waals surface area contributed by atoms with Crippen molar-refractivity contribution in [2.24, 2.45) is 0 Å². The van der Waals surface area contributed by atoms with Crippen LogP contribution in [0.1, 0.15) is 316 Å². The number of phosphoric ester groups is 1. The molecule has 3 atom stereocenters. The summed E-state index contributed by atoms with van der Waals surface area (Å²) < 4.78 is 33.7.